The zero-order valence-corrected chi connectivity index (χ0v) is 15.1. The van der Waals surface area contributed by atoms with Gasteiger partial charge in [-0.1, -0.05) is 0 Å². The molecular weight excluding hydrogens is 389 g/mol. The van der Waals surface area contributed by atoms with Gasteiger partial charge in [0.05, 0.1) is 0 Å². The second-order valence-corrected chi connectivity index (χ2v) is 7.09. The summed E-state index contributed by atoms with van der Waals surface area (Å²) in [6.45, 7) is -0.229. The number of hydrogen-bond donors (Lipinski definition) is 4. The van der Waals surface area contributed by atoms with Crippen molar-refractivity contribution in [1.82, 2.24) is 16.1 Å². The van der Waals surface area contributed by atoms with Crippen LogP contribution in [0, 0.1) is 17.6 Å². The van der Waals surface area contributed by atoms with Gasteiger partial charge in [-0.2, -0.15) is 5.10 Å². The van der Waals surface area contributed by atoms with Gasteiger partial charge in [0.1, 0.15) is 53.9 Å². The molecule has 2 unspecified atom stereocenters. The second kappa shape index (κ2) is 7.91. The Morgan fingerprint density at radius 2 is 2.14 bits per heavy atom. The van der Waals surface area contributed by atoms with Crippen molar-refractivity contribution in [3.05, 3.63) is 35.4 Å². The summed E-state index contributed by atoms with van der Waals surface area (Å²) in [6.07, 6.45) is -1.20. The van der Waals surface area contributed by atoms with Crippen molar-refractivity contribution < 1.29 is 23.1 Å². The lowest BCUT2D eigenvalue weighted by Gasteiger charge is -2.28. The smallest absolute Gasteiger partial charge is 0.268 e. The molecule has 1 aromatic rings. The molecule has 0 saturated heterocycles. The molecule has 4 rings (SSSR count). The number of amidine groups is 1. The minimum atomic E-state index is -1.31. The third-order valence-corrected chi connectivity index (χ3v) is 5.22. The molecule has 0 radical (unpaired) electrons. The summed E-state index contributed by atoms with van der Waals surface area (Å²) < 4.78 is 40.7. The normalized spacial score (nSPS) is 30.4. The molecule has 154 valence electrons. The van der Waals surface area contributed by atoms with Crippen LogP contribution in [0.1, 0.15) is 18.4 Å². The number of hydrogen-bond acceptors (Lipinski definition) is 7. The fourth-order valence-corrected chi connectivity index (χ4v) is 3.66. The van der Waals surface area contributed by atoms with Gasteiger partial charge in [0.25, 0.3) is 5.91 Å². The first-order valence-corrected chi connectivity index (χ1v) is 9.17. The molecular formula is C18H19F3N6O2. The highest BCUT2D eigenvalue weighted by Crippen LogP contribution is 2.26. The maximum Gasteiger partial charge on any atom is 0.268 e. The van der Waals surface area contributed by atoms with Crippen molar-refractivity contribution in [3.63, 3.8) is 0 Å². The van der Waals surface area contributed by atoms with Gasteiger partial charge >= 0.3 is 0 Å². The van der Waals surface area contributed by atoms with Crippen molar-refractivity contribution in [2.75, 3.05) is 0 Å². The first kappa shape index (κ1) is 19.5. The minimum Gasteiger partial charge on any atom is -0.388 e. The third kappa shape index (κ3) is 3.87. The van der Waals surface area contributed by atoms with E-state index in [-0.39, 0.29) is 24.2 Å². The Kier molecular flexibility index (Phi) is 5.33. The number of fused-ring (bicyclic) bond motifs is 1. The van der Waals surface area contributed by atoms with Gasteiger partial charge in [-0.25, -0.2) is 18.2 Å². The van der Waals surface area contributed by atoms with Crippen molar-refractivity contribution in [2.45, 2.75) is 43.9 Å². The topological polar surface area (TPSA) is 110 Å². The maximum absolute atomic E-state index is 13.8. The van der Waals surface area contributed by atoms with E-state index >= 15 is 0 Å². The Morgan fingerprint density at radius 3 is 2.90 bits per heavy atom. The Hall–Kier alpha value is -2.79. The number of amides is 1. The van der Waals surface area contributed by atoms with E-state index < -0.39 is 47.9 Å². The van der Waals surface area contributed by atoms with Gasteiger partial charge in [-0.15, -0.1) is 0 Å². The molecule has 1 aliphatic carbocycles. The summed E-state index contributed by atoms with van der Waals surface area (Å²) >= 11 is 0. The Bertz CT molecular complexity index is 906. The molecule has 3 aliphatic rings. The summed E-state index contributed by atoms with van der Waals surface area (Å²) in [7, 11) is 0. The number of aliphatic imine (C=N–C) groups is 2. The van der Waals surface area contributed by atoms with Crippen molar-refractivity contribution in [2.24, 2.45) is 21.0 Å². The molecule has 29 heavy (non-hydrogen) atoms. The molecule has 0 spiro atoms. The highest BCUT2D eigenvalue weighted by Gasteiger charge is 2.43. The molecule has 0 aromatic heterocycles. The summed E-state index contributed by atoms with van der Waals surface area (Å²) in [4.78, 5) is 20.9. The minimum absolute atomic E-state index is 0.00166. The molecule has 1 aromatic carbocycles. The van der Waals surface area contributed by atoms with Crippen LogP contribution in [0.15, 0.2) is 33.3 Å². The fourth-order valence-electron chi connectivity index (χ4n) is 3.66. The van der Waals surface area contributed by atoms with Crippen molar-refractivity contribution in [3.8, 4) is 0 Å². The second-order valence-electron chi connectivity index (χ2n) is 7.09. The molecule has 1 saturated carbocycles. The highest BCUT2D eigenvalue weighted by molar-refractivity contribution is 6.45. The number of nitrogens with one attached hydrogen (secondary N) is 3. The number of alkyl halides is 1. The largest absolute Gasteiger partial charge is 0.388 e. The SMILES string of the molecule is O=C(NCc1cc(F)ccc1F)C1=NNC2=NC=NC(N[C@@H]3CC[C@@H](F)[C@H]3O)C21. The lowest BCUT2D eigenvalue weighted by Crippen LogP contribution is -2.53. The van der Waals surface area contributed by atoms with Gasteiger partial charge in [0, 0.05) is 18.2 Å². The molecule has 1 amide bonds. The Balaban J connectivity index is 1.44. The summed E-state index contributed by atoms with van der Waals surface area (Å²) in [5.41, 5.74) is 2.71. The number of rotatable bonds is 5. The number of aliphatic hydroxyl groups excluding tert-OH is 1. The standard InChI is InChI=1S/C18H19F3N6O2/c19-9-1-2-10(20)8(5-9)6-22-18(29)14-13-16(23-7-24-17(13)27-26-14)25-12-4-3-11(21)15(12)28/h1-2,5,7,11-13,15-16,25,28H,3-4,6H2,(H,22,29)(H,23,24,27)/t11-,12-,13?,15-,16?/m1/s1. The monoisotopic (exact) mass is 408 g/mol. The predicted octanol–water partition coefficient (Wildman–Crippen LogP) is 0.374. The van der Waals surface area contributed by atoms with E-state index in [1.165, 1.54) is 6.34 Å². The van der Waals surface area contributed by atoms with E-state index in [1.807, 2.05) is 0 Å². The van der Waals surface area contributed by atoms with Gasteiger partial charge in [-0.3, -0.25) is 20.5 Å². The van der Waals surface area contributed by atoms with Crippen LogP contribution in [0.4, 0.5) is 13.2 Å². The van der Waals surface area contributed by atoms with Crippen LogP contribution < -0.4 is 16.1 Å². The molecule has 2 heterocycles. The average molecular weight is 408 g/mol. The van der Waals surface area contributed by atoms with Crippen LogP contribution >= 0.6 is 0 Å². The summed E-state index contributed by atoms with van der Waals surface area (Å²) in [5.74, 6) is -2.15. The predicted molar refractivity (Wildman–Crippen MR) is 99.0 cm³/mol. The van der Waals surface area contributed by atoms with Crippen LogP contribution in [-0.2, 0) is 11.3 Å². The molecule has 8 nitrogen and oxygen atoms in total. The number of carbonyl (C=O) groups is 1. The highest BCUT2D eigenvalue weighted by atomic mass is 19.1. The average Bonchev–Trinajstić information content (AvgIpc) is 3.28. The molecule has 4 N–H and O–H groups in total. The van der Waals surface area contributed by atoms with Gasteiger partial charge in [-0.05, 0) is 31.0 Å². The zero-order valence-electron chi connectivity index (χ0n) is 15.1. The lowest BCUT2D eigenvalue weighted by atomic mass is 9.96. The number of nitrogens with zero attached hydrogens (tertiary/aromatic N) is 3. The van der Waals surface area contributed by atoms with E-state index in [0.29, 0.717) is 12.3 Å². The van der Waals surface area contributed by atoms with E-state index in [0.717, 1.165) is 18.2 Å². The molecule has 0 bridgehead atoms. The van der Waals surface area contributed by atoms with E-state index in [2.05, 4.69) is 31.1 Å². The molecule has 11 heteroatoms. The lowest BCUT2D eigenvalue weighted by molar-refractivity contribution is -0.115. The Morgan fingerprint density at radius 1 is 1.31 bits per heavy atom. The van der Waals surface area contributed by atoms with Gasteiger partial charge < -0.3 is 10.4 Å². The quantitative estimate of drug-likeness (QED) is 0.564. The number of hydrazone groups is 1. The summed E-state index contributed by atoms with van der Waals surface area (Å²) in [5, 5.41) is 19.5. The first-order valence-electron chi connectivity index (χ1n) is 9.17. The van der Waals surface area contributed by atoms with Gasteiger partial charge in [0.2, 0.25) is 0 Å². The van der Waals surface area contributed by atoms with E-state index in [9.17, 15) is 23.1 Å². The summed E-state index contributed by atoms with van der Waals surface area (Å²) in [6, 6.07) is 2.46. The van der Waals surface area contributed by atoms with Crippen LogP contribution in [0.2, 0.25) is 0 Å². The molecule has 2 aliphatic heterocycles. The van der Waals surface area contributed by atoms with Crippen molar-refractivity contribution >= 4 is 23.8 Å². The fraction of sp³-hybridized carbons (Fsp3) is 0.444. The van der Waals surface area contributed by atoms with Gasteiger partial charge in [0.15, 0.2) is 0 Å². The number of benzene rings is 1. The Labute approximate surface area is 164 Å². The van der Waals surface area contributed by atoms with E-state index in [1.54, 1.807) is 0 Å². The van der Waals surface area contributed by atoms with Crippen LogP contribution in [-0.4, -0.2) is 53.4 Å². The van der Waals surface area contributed by atoms with Crippen LogP contribution in [0.3, 0.4) is 0 Å². The zero-order chi connectivity index (χ0) is 20.5. The van der Waals surface area contributed by atoms with Crippen LogP contribution in [0.5, 0.6) is 0 Å². The number of aliphatic hydroxyl groups is 1. The first-order chi connectivity index (χ1) is 13.9. The van der Waals surface area contributed by atoms with Crippen molar-refractivity contribution in [1.29, 1.82) is 0 Å². The molecule has 5 atom stereocenters. The van der Waals surface area contributed by atoms with E-state index in [4.69, 9.17) is 0 Å². The maximum atomic E-state index is 13.8. The molecule has 1 fully saturated rings. The number of carbonyl (C=O) groups excluding carboxylic acids is 1. The number of halogens is 3. The third-order valence-electron chi connectivity index (χ3n) is 5.22. The van der Waals surface area contributed by atoms with Crippen LogP contribution in [0.25, 0.3) is 0 Å².